The molecule has 0 N–H and O–H groups in total. The maximum absolute atomic E-state index is 13.1. The maximum atomic E-state index is 13.1. The lowest BCUT2D eigenvalue weighted by Crippen LogP contribution is -2.66. The first kappa shape index (κ1) is 17.9. The number of cyclic esters (lactones) is 1. The molecule has 0 radical (unpaired) electrons. The summed E-state index contributed by atoms with van der Waals surface area (Å²) in [6.07, 6.45) is -12.2. The number of halogens is 7. The van der Waals surface area contributed by atoms with Gasteiger partial charge in [0.1, 0.15) is 6.04 Å². The Bertz CT molecular complexity index is 560. The number of nitrogens with zero attached hydrogens (tertiary/aromatic N) is 1. The largest absolute Gasteiger partial charge is 0.453 e. The minimum Gasteiger partial charge on any atom is -0.423 e. The van der Waals surface area contributed by atoms with Gasteiger partial charge in [0, 0.05) is 0 Å². The zero-order chi connectivity index (χ0) is 17.5. The Labute approximate surface area is 131 Å². The Balaban J connectivity index is 2.46. The first-order chi connectivity index (χ1) is 10.5. The summed E-state index contributed by atoms with van der Waals surface area (Å²) in [4.78, 5) is 11.5. The van der Waals surface area contributed by atoms with Gasteiger partial charge in [-0.1, -0.05) is 30.3 Å². The van der Waals surface area contributed by atoms with Gasteiger partial charge in [0.25, 0.3) is 0 Å². The lowest BCUT2D eigenvalue weighted by atomic mass is 10.0. The number of hydrogen-bond donors (Lipinski definition) is 0. The lowest BCUT2D eigenvalue weighted by molar-refractivity contribution is -0.399. The molecule has 10 heteroatoms. The second-order valence-electron chi connectivity index (χ2n) is 4.86. The van der Waals surface area contributed by atoms with Crippen LogP contribution in [0.2, 0.25) is 0 Å². The second-order valence-corrected chi connectivity index (χ2v) is 5.09. The van der Waals surface area contributed by atoms with Crippen LogP contribution in [0.3, 0.4) is 0 Å². The number of benzene rings is 1. The minimum absolute atomic E-state index is 0.204. The number of hydrogen-bond acceptors (Lipinski definition) is 3. The molecule has 2 rings (SSSR count). The fourth-order valence-electron chi connectivity index (χ4n) is 2.42. The Morgan fingerprint density at radius 3 is 2.04 bits per heavy atom. The van der Waals surface area contributed by atoms with Crippen molar-refractivity contribution in [2.45, 2.75) is 30.5 Å². The van der Waals surface area contributed by atoms with Crippen LogP contribution in [-0.2, 0) is 16.0 Å². The first-order valence-electron chi connectivity index (χ1n) is 6.27. The van der Waals surface area contributed by atoms with Crippen LogP contribution >= 0.6 is 11.6 Å². The average Bonchev–Trinajstić information content (AvgIpc) is 2.73. The van der Waals surface area contributed by atoms with E-state index in [2.05, 4.69) is 4.74 Å². The van der Waals surface area contributed by atoms with Gasteiger partial charge in [-0.3, -0.25) is 4.79 Å². The van der Waals surface area contributed by atoms with E-state index >= 15 is 0 Å². The SMILES string of the molecule is O=C1OC(C(F)(F)F)(C(F)(F)F)N(CCl)C1Cc1ccccc1. The normalized spacial score (nSPS) is 22.2. The summed E-state index contributed by atoms with van der Waals surface area (Å²) in [5.74, 6) is -1.62. The van der Waals surface area contributed by atoms with Gasteiger partial charge in [-0.05, 0) is 12.0 Å². The van der Waals surface area contributed by atoms with E-state index in [0.29, 0.717) is 5.56 Å². The zero-order valence-corrected chi connectivity index (χ0v) is 12.0. The van der Waals surface area contributed by atoms with E-state index in [1.165, 1.54) is 12.1 Å². The number of carbonyl (C=O) groups excluding carboxylic acids is 1. The Hall–Kier alpha value is -1.48. The predicted octanol–water partition coefficient (Wildman–Crippen LogP) is 3.47. The van der Waals surface area contributed by atoms with E-state index in [1.807, 2.05) is 0 Å². The van der Waals surface area contributed by atoms with Gasteiger partial charge in [-0.25, -0.2) is 4.90 Å². The molecule has 0 saturated carbocycles. The smallest absolute Gasteiger partial charge is 0.423 e. The molecule has 0 amide bonds. The number of esters is 1. The molecule has 23 heavy (non-hydrogen) atoms. The molecule has 0 bridgehead atoms. The predicted molar refractivity (Wildman–Crippen MR) is 67.4 cm³/mol. The van der Waals surface area contributed by atoms with E-state index in [9.17, 15) is 31.1 Å². The van der Waals surface area contributed by atoms with Crippen LogP contribution < -0.4 is 0 Å². The van der Waals surface area contributed by atoms with Gasteiger partial charge in [-0.2, -0.15) is 26.3 Å². The molecular formula is C13H10ClF6NO2. The van der Waals surface area contributed by atoms with Gasteiger partial charge in [0.15, 0.2) is 0 Å². The molecule has 1 unspecified atom stereocenters. The van der Waals surface area contributed by atoms with Crippen molar-refractivity contribution in [2.24, 2.45) is 0 Å². The van der Waals surface area contributed by atoms with Crippen LogP contribution in [0.4, 0.5) is 26.3 Å². The van der Waals surface area contributed by atoms with Crippen molar-refractivity contribution < 1.29 is 35.9 Å². The molecule has 1 aliphatic heterocycles. The van der Waals surface area contributed by atoms with E-state index in [1.54, 1.807) is 18.2 Å². The summed E-state index contributed by atoms with van der Waals surface area (Å²) in [6, 6.07) is 4.68. The van der Waals surface area contributed by atoms with Crippen LogP contribution in [-0.4, -0.2) is 41.0 Å². The van der Waals surface area contributed by atoms with Crippen LogP contribution in [0.25, 0.3) is 0 Å². The molecule has 1 fully saturated rings. The highest BCUT2D eigenvalue weighted by molar-refractivity contribution is 6.17. The van der Waals surface area contributed by atoms with Crippen LogP contribution in [0, 0.1) is 0 Å². The molecule has 0 aromatic heterocycles. The van der Waals surface area contributed by atoms with Gasteiger partial charge in [0.2, 0.25) is 0 Å². The fourth-order valence-corrected chi connectivity index (χ4v) is 2.75. The Morgan fingerprint density at radius 2 is 1.61 bits per heavy atom. The maximum Gasteiger partial charge on any atom is 0.453 e. The van der Waals surface area contributed by atoms with Crippen molar-refractivity contribution in [3.05, 3.63) is 35.9 Å². The molecule has 1 aliphatic rings. The van der Waals surface area contributed by atoms with Crippen LogP contribution in [0.1, 0.15) is 5.56 Å². The Kier molecular flexibility index (Phi) is 4.55. The summed E-state index contributed by atoms with van der Waals surface area (Å²) >= 11 is 5.32. The van der Waals surface area contributed by atoms with Crippen molar-refractivity contribution in [1.82, 2.24) is 4.90 Å². The van der Waals surface area contributed by atoms with Gasteiger partial charge >= 0.3 is 24.0 Å². The number of alkyl halides is 7. The lowest BCUT2D eigenvalue weighted by Gasteiger charge is -2.38. The van der Waals surface area contributed by atoms with Crippen LogP contribution in [0.5, 0.6) is 0 Å². The standard InChI is InChI=1S/C13H10ClF6NO2/c14-7-21-9(6-8-4-2-1-3-5-8)10(22)23-11(21,12(15,16)17)13(18,19)20/h1-5,9H,6-7H2. The molecule has 1 aromatic rings. The first-order valence-corrected chi connectivity index (χ1v) is 6.81. The molecule has 128 valence electrons. The van der Waals surface area contributed by atoms with Crippen molar-refractivity contribution in [3.8, 4) is 0 Å². The van der Waals surface area contributed by atoms with Crippen molar-refractivity contribution in [3.63, 3.8) is 0 Å². The molecule has 1 heterocycles. The molecular weight excluding hydrogens is 352 g/mol. The molecule has 3 nitrogen and oxygen atoms in total. The fraction of sp³-hybridized carbons (Fsp3) is 0.462. The topological polar surface area (TPSA) is 29.5 Å². The van der Waals surface area contributed by atoms with E-state index in [-0.39, 0.29) is 11.3 Å². The molecule has 1 saturated heterocycles. The highest BCUT2D eigenvalue weighted by Crippen LogP contribution is 2.52. The van der Waals surface area contributed by atoms with Crippen molar-refractivity contribution >= 4 is 17.6 Å². The van der Waals surface area contributed by atoms with Gasteiger partial charge in [-0.15, -0.1) is 11.6 Å². The number of rotatable bonds is 3. The highest BCUT2D eigenvalue weighted by atomic mass is 35.5. The van der Waals surface area contributed by atoms with E-state index in [0.717, 1.165) is 0 Å². The third-order valence-electron chi connectivity index (χ3n) is 3.47. The number of carbonyl (C=O) groups is 1. The molecule has 1 aromatic carbocycles. The summed E-state index contributed by atoms with van der Waals surface area (Å²) in [5, 5.41) is 0. The molecule has 0 spiro atoms. The van der Waals surface area contributed by atoms with Crippen molar-refractivity contribution in [2.75, 3.05) is 6.00 Å². The summed E-state index contributed by atoms with van der Waals surface area (Å²) in [6.45, 7) is 0. The third kappa shape index (κ3) is 2.87. The van der Waals surface area contributed by atoms with Crippen molar-refractivity contribution in [1.29, 1.82) is 0 Å². The summed E-state index contributed by atoms with van der Waals surface area (Å²) in [5.41, 5.74) is -4.36. The zero-order valence-electron chi connectivity index (χ0n) is 11.3. The number of ether oxygens (including phenoxy) is 1. The monoisotopic (exact) mass is 361 g/mol. The summed E-state index contributed by atoms with van der Waals surface area (Å²) in [7, 11) is 0. The quantitative estimate of drug-likeness (QED) is 0.357. The Morgan fingerprint density at radius 1 is 1.09 bits per heavy atom. The average molecular weight is 362 g/mol. The van der Waals surface area contributed by atoms with Gasteiger partial charge < -0.3 is 4.74 Å². The van der Waals surface area contributed by atoms with Gasteiger partial charge in [0.05, 0.1) is 6.00 Å². The summed E-state index contributed by atoms with van der Waals surface area (Å²) < 4.78 is 82.6. The van der Waals surface area contributed by atoms with Crippen LogP contribution in [0.15, 0.2) is 30.3 Å². The van der Waals surface area contributed by atoms with E-state index in [4.69, 9.17) is 11.6 Å². The minimum atomic E-state index is -5.89. The second kappa shape index (κ2) is 5.86. The molecule has 1 atom stereocenters. The highest BCUT2D eigenvalue weighted by Gasteiger charge is 2.81. The van der Waals surface area contributed by atoms with E-state index < -0.39 is 36.1 Å². The third-order valence-corrected chi connectivity index (χ3v) is 3.73. The molecule has 0 aliphatic carbocycles.